The Morgan fingerprint density at radius 1 is 0.957 bits per heavy atom. The van der Waals surface area contributed by atoms with Crippen LogP contribution in [0, 0.1) is 0 Å². The van der Waals surface area contributed by atoms with E-state index in [-0.39, 0.29) is 11.9 Å². The fourth-order valence-corrected chi connectivity index (χ4v) is 2.34. The van der Waals surface area contributed by atoms with Crippen molar-refractivity contribution < 1.29 is 14.3 Å². The predicted molar refractivity (Wildman–Crippen MR) is 90.9 cm³/mol. The summed E-state index contributed by atoms with van der Waals surface area (Å²) < 4.78 is 10.3. The van der Waals surface area contributed by atoms with Crippen LogP contribution in [0.3, 0.4) is 0 Å². The molecule has 23 heavy (non-hydrogen) atoms. The highest BCUT2D eigenvalue weighted by Gasteiger charge is 2.10. The van der Waals surface area contributed by atoms with Gasteiger partial charge in [0.15, 0.2) is 0 Å². The fraction of sp³-hybridized carbons (Fsp3) is 0.316. The van der Waals surface area contributed by atoms with Crippen LogP contribution >= 0.6 is 0 Å². The van der Waals surface area contributed by atoms with E-state index < -0.39 is 0 Å². The molecule has 2 rings (SSSR count). The van der Waals surface area contributed by atoms with Crippen molar-refractivity contribution in [2.24, 2.45) is 0 Å². The topological polar surface area (TPSA) is 47.6 Å². The molecule has 122 valence electrons. The molecule has 1 amide bonds. The number of carbonyl (C=O) groups is 1. The zero-order valence-corrected chi connectivity index (χ0v) is 13.8. The van der Waals surface area contributed by atoms with Crippen LogP contribution < -0.4 is 14.8 Å². The van der Waals surface area contributed by atoms with Crippen LogP contribution in [0.1, 0.15) is 30.5 Å². The third-order valence-electron chi connectivity index (χ3n) is 3.79. The number of nitrogens with one attached hydrogen (secondary N) is 1. The van der Waals surface area contributed by atoms with Gasteiger partial charge in [-0.05, 0) is 48.7 Å². The Kier molecular flexibility index (Phi) is 6.03. The zero-order valence-electron chi connectivity index (χ0n) is 13.8. The molecule has 0 spiro atoms. The van der Waals surface area contributed by atoms with Crippen LogP contribution in [-0.4, -0.2) is 20.1 Å². The molecule has 0 saturated carbocycles. The quantitative estimate of drug-likeness (QED) is 0.851. The Balaban J connectivity index is 1.83. The van der Waals surface area contributed by atoms with Crippen molar-refractivity contribution in [3.63, 3.8) is 0 Å². The summed E-state index contributed by atoms with van der Waals surface area (Å²) in [5, 5.41) is 3.02. The van der Waals surface area contributed by atoms with Crippen molar-refractivity contribution >= 4 is 5.91 Å². The highest BCUT2D eigenvalue weighted by atomic mass is 16.5. The SMILES string of the molecule is COc1ccc(CCC(=O)N[C@H](C)c2ccc(OC)cc2)cc1. The largest absolute Gasteiger partial charge is 0.497 e. The number of benzene rings is 2. The van der Waals surface area contributed by atoms with E-state index in [9.17, 15) is 4.79 Å². The van der Waals surface area contributed by atoms with Crippen molar-refractivity contribution in [3.05, 3.63) is 59.7 Å². The van der Waals surface area contributed by atoms with Gasteiger partial charge in [-0.15, -0.1) is 0 Å². The second-order valence-electron chi connectivity index (χ2n) is 5.41. The van der Waals surface area contributed by atoms with Gasteiger partial charge in [0.05, 0.1) is 20.3 Å². The second-order valence-corrected chi connectivity index (χ2v) is 5.41. The van der Waals surface area contributed by atoms with Gasteiger partial charge in [0, 0.05) is 6.42 Å². The van der Waals surface area contributed by atoms with Gasteiger partial charge in [-0.1, -0.05) is 24.3 Å². The van der Waals surface area contributed by atoms with Gasteiger partial charge in [-0.3, -0.25) is 4.79 Å². The molecule has 2 aromatic rings. The van der Waals surface area contributed by atoms with E-state index in [1.807, 2.05) is 55.5 Å². The summed E-state index contributed by atoms with van der Waals surface area (Å²) in [6, 6.07) is 15.5. The number of methoxy groups -OCH3 is 2. The zero-order chi connectivity index (χ0) is 16.7. The van der Waals surface area contributed by atoms with E-state index in [1.54, 1.807) is 14.2 Å². The van der Waals surface area contributed by atoms with Crippen molar-refractivity contribution in [2.45, 2.75) is 25.8 Å². The van der Waals surface area contributed by atoms with Crippen molar-refractivity contribution in [3.8, 4) is 11.5 Å². The van der Waals surface area contributed by atoms with Gasteiger partial charge < -0.3 is 14.8 Å². The molecule has 0 radical (unpaired) electrons. The third-order valence-corrected chi connectivity index (χ3v) is 3.79. The normalized spacial score (nSPS) is 11.6. The lowest BCUT2D eigenvalue weighted by atomic mass is 10.1. The van der Waals surface area contributed by atoms with Gasteiger partial charge >= 0.3 is 0 Å². The summed E-state index contributed by atoms with van der Waals surface area (Å²) >= 11 is 0. The molecule has 0 unspecified atom stereocenters. The average Bonchev–Trinajstić information content (AvgIpc) is 2.60. The molecule has 1 atom stereocenters. The standard InChI is InChI=1S/C19H23NO3/c1-14(16-7-11-18(23-3)12-8-16)20-19(21)13-6-15-4-9-17(22-2)10-5-15/h4-5,7-12,14H,6,13H2,1-3H3,(H,20,21)/t14-/m1/s1. The fourth-order valence-electron chi connectivity index (χ4n) is 2.34. The van der Waals surface area contributed by atoms with Crippen molar-refractivity contribution in [2.75, 3.05) is 14.2 Å². The lowest BCUT2D eigenvalue weighted by Gasteiger charge is -2.15. The molecule has 4 nitrogen and oxygen atoms in total. The summed E-state index contributed by atoms with van der Waals surface area (Å²) in [7, 11) is 3.28. The minimum Gasteiger partial charge on any atom is -0.497 e. The average molecular weight is 313 g/mol. The molecule has 4 heteroatoms. The molecule has 1 N–H and O–H groups in total. The molecular weight excluding hydrogens is 290 g/mol. The maximum atomic E-state index is 12.1. The van der Waals surface area contributed by atoms with Gasteiger partial charge in [0.25, 0.3) is 0 Å². The minimum absolute atomic E-state index is 0.0238. The lowest BCUT2D eigenvalue weighted by molar-refractivity contribution is -0.121. The Hall–Kier alpha value is -2.49. The van der Waals surface area contributed by atoms with Crippen LogP contribution in [0.2, 0.25) is 0 Å². The summed E-state index contributed by atoms with van der Waals surface area (Å²) in [6.45, 7) is 1.98. The molecule has 0 heterocycles. The predicted octanol–water partition coefficient (Wildman–Crippen LogP) is 3.51. The highest BCUT2D eigenvalue weighted by molar-refractivity contribution is 5.76. The van der Waals surface area contributed by atoms with E-state index in [1.165, 1.54) is 0 Å². The Morgan fingerprint density at radius 3 is 2.00 bits per heavy atom. The van der Waals surface area contributed by atoms with Gasteiger partial charge in [0.1, 0.15) is 11.5 Å². The molecular formula is C19H23NO3. The molecule has 2 aromatic carbocycles. The molecule has 0 aliphatic carbocycles. The number of hydrogen-bond donors (Lipinski definition) is 1. The second kappa shape index (κ2) is 8.22. The molecule has 0 saturated heterocycles. The number of hydrogen-bond acceptors (Lipinski definition) is 3. The van der Waals surface area contributed by atoms with Gasteiger partial charge in [-0.25, -0.2) is 0 Å². The maximum absolute atomic E-state index is 12.1. The van der Waals surface area contributed by atoms with E-state index >= 15 is 0 Å². The Labute approximate surface area is 137 Å². The Bertz CT molecular complexity index is 620. The van der Waals surface area contributed by atoms with E-state index in [2.05, 4.69) is 5.32 Å². The molecule has 0 bridgehead atoms. The van der Waals surface area contributed by atoms with E-state index in [0.717, 1.165) is 22.6 Å². The van der Waals surface area contributed by atoms with Crippen LogP contribution in [-0.2, 0) is 11.2 Å². The van der Waals surface area contributed by atoms with Crippen LogP contribution in [0.25, 0.3) is 0 Å². The first kappa shape index (κ1) is 16.9. The van der Waals surface area contributed by atoms with E-state index in [4.69, 9.17) is 9.47 Å². The van der Waals surface area contributed by atoms with Crippen LogP contribution in [0.4, 0.5) is 0 Å². The molecule has 0 aliphatic rings. The van der Waals surface area contributed by atoms with Crippen LogP contribution in [0.5, 0.6) is 11.5 Å². The number of ether oxygens (including phenoxy) is 2. The molecule has 0 aromatic heterocycles. The molecule has 0 fully saturated rings. The summed E-state index contributed by atoms with van der Waals surface area (Å²) in [5.74, 6) is 1.68. The highest BCUT2D eigenvalue weighted by Crippen LogP contribution is 2.17. The van der Waals surface area contributed by atoms with Crippen molar-refractivity contribution in [1.29, 1.82) is 0 Å². The number of amides is 1. The van der Waals surface area contributed by atoms with Crippen molar-refractivity contribution in [1.82, 2.24) is 5.32 Å². The first-order valence-corrected chi connectivity index (χ1v) is 7.68. The third kappa shape index (κ3) is 5.02. The smallest absolute Gasteiger partial charge is 0.220 e. The number of aryl methyl sites for hydroxylation is 1. The molecule has 0 aliphatic heterocycles. The van der Waals surface area contributed by atoms with Gasteiger partial charge in [0.2, 0.25) is 5.91 Å². The summed E-state index contributed by atoms with van der Waals surface area (Å²) in [5.41, 5.74) is 2.18. The summed E-state index contributed by atoms with van der Waals surface area (Å²) in [4.78, 5) is 12.1. The maximum Gasteiger partial charge on any atom is 0.220 e. The first-order chi connectivity index (χ1) is 11.1. The number of rotatable bonds is 7. The number of carbonyl (C=O) groups excluding carboxylic acids is 1. The first-order valence-electron chi connectivity index (χ1n) is 7.68. The summed E-state index contributed by atoms with van der Waals surface area (Å²) in [6.07, 6.45) is 1.18. The lowest BCUT2D eigenvalue weighted by Crippen LogP contribution is -2.26. The van der Waals surface area contributed by atoms with E-state index in [0.29, 0.717) is 12.8 Å². The Morgan fingerprint density at radius 2 is 1.48 bits per heavy atom. The van der Waals surface area contributed by atoms with Crippen LogP contribution in [0.15, 0.2) is 48.5 Å². The van der Waals surface area contributed by atoms with Gasteiger partial charge in [-0.2, -0.15) is 0 Å². The monoisotopic (exact) mass is 313 g/mol. The minimum atomic E-state index is -0.0238.